The van der Waals surface area contributed by atoms with Crippen molar-refractivity contribution in [3.05, 3.63) is 34.9 Å². The quantitative estimate of drug-likeness (QED) is 0.612. The molecule has 1 aromatic rings. The summed E-state index contributed by atoms with van der Waals surface area (Å²) in [6, 6.07) is 6.91. The number of benzene rings is 1. The van der Waals surface area contributed by atoms with Crippen LogP contribution in [0, 0.1) is 0 Å². The monoisotopic (exact) mass is 237 g/mol. The maximum absolute atomic E-state index is 5.90. The van der Waals surface area contributed by atoms with E-state index in [2.05, 4.69) is 23.5 Å². The Balaban J connectivity index is 1.81. The molecule has 0 saturated heterocycles. The van der Waals surface area contributed by atoms with Gasteiger partial charge >= 0.3 is 0 Å². The maximum atomic E-state index is 5.90. The number of fused-ring (bicyclic) bond motifs is 1. The van der Waals surface area contributed by atoms with Gasteiger partial charge in [-0.1, -0.05) is 18.2 Å². The Morgan fingerprint density at radius 1 is 1.31 bits per heavy atom. The predicted molar refractivity (Wildman–Crippen MR) is 70.1 cm³/mol. The fourth-order valence-corrected chi connectivity index (χ4v) is 2.38. The number of halogens is 1. The average molecular weight is 238 g/mol. The van der Waals surface area contributed by atoms with Crippen LogP contribution in [0.2, 0.25) is 0 Å². The lowest BCUT2D eigenvalue weighted by Crippen LogP contribution is -2.17. The summed E-state index contributed by atoms with van der Waals surface area (Å²) in [7, 11) is 0. The van der Waals surface area contributed by atoms with Crippen LogP contribution in [0.3, 0.4) is 0 Å². The van der Waals surface area contributed by atoms with Gasteiger partial charge in [0.1, 0.15) is 0 Å². The minimum atomic E-state index is 0.271. The van der Waals surface area contributed by atoms with Crippen LogP contribution < -0.4 is 5.32 Å². The Kier molecular flexibility index (Phi) is 4.25. The fourth-order valence-electron chi connectivity index (χ4n) is 2.27. The van der Waals surface area contributed by atoms with Crippen molar-refractivity contribution in [3.63, 3.8) is 0 Å². The van der Waals surface area contributed by atoms with Gasteiger partial charge in [0.05, 0.1) is 0 Å². The first kappa shape index (κ1) is 11.9. The number of rotatable bonds is 5. The Hall–Kier alpha value is -0.530. The van der Waals surface area contributed by atoms with E-state index in [0.29, 0.717) is 0 Å². The molecule has 0 aliphatic heterocycles. The van der Waals surface area contributed by atoms with E-state index in [1.54, 1.807) is 11.1 Å². The van der Waals surface area contributed by atoms with Crippen LogP contribution in [0.4, 0.5) is 0 Å². The molecule has 2 heteroatoms. The highest BCUT2D eigenvalue weighted by atomic mass is 35.5. The van der Waals surface area contributed by atoms with Crippen molar-refractivity contribution in [2.45, 2.75) is 44.5 Å². The van der Waals surface area contributed by atoms with E-state index in [9.17, 15) is 0 Å². The summed E-state index contributed by atoms with van der Waals surface area (Å²) in [5.41, 5.74) is 4.52. The van der Waals surface area contributed by atoms with Gasteiger partial charge in [-0.2, -0.15) is 0 Å². The zero-order chi connectivity index (χ0) is 11.4. The molecule has 0 fully saturated rings. The van der Waals surface area contributed by atoms with Crippen LogP contribution in [-0.2, 0) is 19.4 Å². The van der Waals surface area contributed by atoms with Gasteiger partial charge < -0.3 is 5.32 Å². The van der Waals surface area contributed by atoms with E-state index in [-0.39, 0.29) is 5.38 Å². The fraction of sp³-hybridized carbons (Fsp3) is 0.571. The summed E-state index contributed by atoms with van der Waals surface area (Å²) in [6.07, 6.45) is 4.90. The van der Waals surface area contributed by atoms with Crippen molar-refractivity contribution < 1.29 is 0 Å². The highest BCUT2D eigenvalue weighted by molar-refractivity contribution is 6.20. The van der Waals surface area contributed by atoms with E-state index in [1.807, 2.05) is 6.92 Å². The summed E-state index contributed by atoms with van der Waals surface area (Å²) >= 11 is 5.90. The van der Waals surface area contributed by atoms with Gasteiger partial charge in [-0.15, -0.1) is 11.6 Å². The minimum absolute atomic E-state index is 0.271. The molecule has 1 N–H and O–H groups in total. The summed E-state index contributed by atoms with van der Waals surface area (Å²) < 4.78 is 0. The van der Waals surface area contributed by atoms with E-state index in [4.69, 9.17) is 11.6 Å². The van der Waals surface area contributed by atoms with Crippen molar-refractivity contribution in [2.75, 3.05) is 6.54 Å². The van der Waals surface area contributed by atoms with E-state index in [1.165, 1.54) is 24.8 Å². The van der Waals surface area contributed by atoms with Crippen molar-refractivity contribution in [1.82, 2.24) is 5.32 Å². The van der Waals surface area contributed by atoms with Crippen LogP contribution >= 0.6 is 11.6 Å². The smallest absolute Gasteiger partial charge is 0.0319 e. The molecule has 0 radical (unpaired) electrons. The van der Waals surface area contributed by atoms with Gasteiger partial charge in [-0.05, 0) is 55.8 Å². The lowest BCUT2D eigenvalue weighted by molar-refractivity contribution is 0.644. The number of nitrogens with one attached hydrogen (secondary N) is 1. The SMILES string of the molecule is CC(Cl)CCNCc1ccc2c(c1)CCC2. The van der Waals surface area contributed by atoms with Gasteiger partial charge in [-0.25, -0.2) is 0 Å². The minimum Gasteiger partial charge on any atom is -0.313 e. The van der Waals surface area contributed by atoms with Gasteiger partial charge in [0.25, 0.3) is 0 Å². The zero-order valence-corrected chi connectivity index (χ0v) is 10.7. The molecule has 0 aromatic heterocycles. The highest BCUT2D eigenvalue weighted by Crippen LogP contribution is 2.22. The second-order valence-electron chi connectivity index (χ2n) is 4.70. The molecule has 2 rings (SSSR count). The van der Waals surface area contributed by atoms with Crippen molar-refractivity contribution in [1.29, 1.82) is 0 Å². The molecule has 1 aliphatic rings. The van der Waals surface area contributed by atoms with E-state index >= 15 is 0 Å². The normalized spacial score (nSPS) is 16.1. The lowest BCUT2D eigenvalue weighted by atomic mass is 10.1. The number of alkyl halides is 1. The van der Waals surface area contributed by atoms with Gasteiger partial charge in [-0.3, -0.25) is 0 Å². The Bertz CT molecular complexity index is 347. The molecular formula is C14H20ClN. The first-order valence-corrected chi connectivity index (χ1v) is 6.65. The summed E-state index contributed by atoms with van der Waals surface area (Å²) in [4.78, 5) is 0. The average Bonchev–Trinajstić information content (AvgIpc) is 2.71. The van der Waals surface area contributed by atoms with Crippen LogP contribution in [0.25, 0.3) is 0 Å². The topological polar surface area (TPSA) is 12.0 Å². The molecule has 0 amide bonds. The Labute approximate surface area is 103 Å². The second-order valence-corrected chi connectivity index (χ2v) is 5.45. The molecule has 1 aromatic carbocycles. The van der Waals surface area contributed by atoms with Gasteiger partial charge in [0.15, 0.2) is 0 Å². The first-order valence-electron chi connectivity index (χ1n) is 6.21. The van der Waals surface area contributed by atoms with Crippen LogP contribution in [-0.4, -0.2) is 11.9 Å². The maximum Gasteiger partial charge on any atom is 0.0319 e. The summed E-state index contributed by atoms with van der Waals surface area (Å²) in [6.45, 7) is 4.01. The van der Waals surface area contributed by atoms with Gasteiger partial charge in [0.2, 0.25) is 0 Å². The standard InChI is InChI=1S/C14H20ClN/c1-11(15)7-8-16-10-12-5-6-13-3-2-4-14(13)9-12/h5-6,9,11,16H,2-4,7-8,10H2,1H3. The molecule has 0 saturated carbocycles. The Morgan fingerprint density at radius 2 is 2.12 bits per heavy atom. The summed E-state index contributed by atoms with van der Waals surface area (Å²) in [5.74, 6) is 0. The molecule has 1 unspecified atom stereocenters. The molecule has 1 atom stereocenters. The van der Waals surface area contributed by atoms with Crippen LogP contribution in [0.15, 0.2) is 18.2 Å². The van der Waals surface area contributed by atoms with Gasteiger partial charge in [0, 0.05) is 11.9 Å². The Morgan fingerprint density at radius 3 is 2.94 bits per heavy atom. The van der Waals surface area contributed by atoms with Crippen LogP contribution in [0.5, 0.6) is 0 Å². The third-order valence-corrected chi connectivity index (χ3v) is 3.43. The predicted octanol–water partition coefficient (Wildman–Crippen LogP) is 3.28. The van der Waals surface area contributed by atoms with E-state index in [0.717, 1.165) is 19.5 Å². The zero-order valence-electron chi connectivity index (χ0n) is 9.93. The number of hydrogen-bond acceptors (Lipinski definition) is 1. The third-order valence-electron chi connectivity index (χ3n) is 3.21. The third kappa shape index (κ3) is 3.23. The highest BCUT2D eigenvalue weighted by Gasteiger charge is 2.10. The largest absolute Gasteiger partial charge is 0.313 e. The van der Waals surface area contributed by atoms with Crippen LogP contribution in [0.1, 0.15) is 36.5 Å². The van der Waals surface area contributed by atoms with Crippen molar-refractivity contribution in [2.24, 2.45) is 0 Å². The van der Waals surface area contributed by atoms with Crippen molar-refractivity contribution in [3.8, 4) is 0 Å². The van der Waals surface area contributed by atoms with E-state index < -0.39 is 0 Å². The second kappa shape index (κ2) is 5.70. The lowest BCUT2D eigenvalue weighted by Gasteiger charge is -2.07. The molecule has 1 aliphatic carbocycles. The first-order chi connectivity index (χ1) is 7.75. The molecule has 0 spiro atoms. The summed E-state index contributed by atoms with van der Waals surface area (Å²) in [5, 5.41) is 3.71. The molecular weight excluding hydrogens is 218 g/mol. The molecule has 0 bridgehead atoms. The molecule has 16 heavy (non-hydrogen) atoms. The molecule has 0 heterocycles. The number of aryl methyl sites for hydroxylation is 2. The number of hydrogen-bond donors (Lipinski definition) is 1. The molecule has 88 valence electrons. The van der Waals surface area contributed by atoms with Crippen molar-refractivity contribution >= 4 is 11.6 Å². The molecule has 1 nitrogen and oxygen atoms in total.